The summed E-state index contributed by atoms with van der Waals surface area (Å²) in [5.41, 5.74) is 1.81. The van der Waals surface area contributed by atoms with Crippen molar-refractivity contribution in [2.45, 2.75) is 52.3 Å². The van der Waals surface area contributed by atoms with Crippen molar-refractivity contribution in [3.8, 4) is 0 Å². The summed E-state index contributed by atoms with van der Waals surface area (Å²) in [5.74, 6) is -0.931. The van der Waals surface area contributed by atoms with Crippen molar-refractivity contribution in [1.82, 2.24) is 4.98 Å². The van der Waals surface area contributed by atoms with Crippen LogP contribution in [0.1, 0.15) is 43.0 Å². The van der Waals surface area contributed by atoms with E-state index in [1.54, 1.807) is 7.05 Å². The number of hydrogen-bond donors (Lipinski definition) is 0. The molecule has 1 aliphatic rings. The summed E-state index contributed by atoms with van der Waals surface area (Å²) >= 11 is 0. The van der Waals surface area contributed by atoms with Crippen molar-refractivity contribution in [2.75, 3.05) is 35.3 Å². The Labute approximate surface area is 192 Å². The first kappa shape index (κ1) is 24.5. The Bertz CT molecular complexity index is 1050. The molecule has 1 aromatic carbocycles. The number of carbonyl (C=O) groups is 2. The Hall–Kier alpha value is -3.10. The van der Waals surface area contributed by atoms with E-state index in [4.69, 9.17) is 0 Å². The molecule has 1 atom stereocenters. The van der Waals surface area contributed by atoms with Crippen LogP contribution >= 0.6 is 0 Å². The second kappa shape index (κ2) is 9.41. The zero-order valence-corrected chi connectivity index (χ0v) is 19.5. The fourth-order valence-corrected chi connectivity index (χ4v) is 4.34. The largest absolute Gasteiger partial charge is 0.416 e. The van der Waals surface area contributed by atoms with Crippen molar-refractivity contribution in [3.63, 3.8) is 0 Å². The lowest BCUT2D eigenvalue weighted by Crippen LogP contribution is -2.46. The van der Waals surface area contributed by atoms with Crippen LogP contribution in [0.3, 0.4) is 0 Å². The van der Waals surface area contributed by atoms with Crippen LogP contribution in [0.5, 0.6) is 0 Å². The SMILES string of the molecule is CCCN(C)c1c(C)cccc1N(C)C(=O)[C@@H]1CCC(=O)N1c1cc(C(F)(F)F)cc(C)n1. The number of hydrogen-bond acceptors (Lipinski definition) is 4. The van der Waals surface area contributed by atoms with Gasteiger partial charge in [0.25, 0.3) is 0 Å². The number of alkyl halides is 3. The van der Waals surface area contributed by atoms with Crippen LogP contribution in [0.15, 0.2) is 30.3 Å². The predicted molar refractivity (Wildman–Crippen MR) is 123 cm³/mol. The molecule has 33 heavy (non-hydrogen) atoms. The molecule has 6 nitrogen and oxygen atoms in total. The number of nitrogens with zero attached hydrogens (tertiary/aromatic N) is 4. The first-order valence-corrected chi connectivity index (χ1v) is 10.9. The summed E-state index contributed by atoms with van der Waals surface area (Å²) in [7, 11) is 3.58. The fourth-order valence-electron chi connectivity index (χ4n) is 4.34. The van der Waals surface area contributed by atoms with Crippen LogP contribution in [0.4, 0.5) is 30.4 Å². The van der Waals surface area contributed by atoms with Gasteiger partial charge in [-0.2, -0.15) is 13.2 Å². The van der Waals surface area contributed by atoms with E-state index in [9.17, 15) is 22.8 Å². The highest BCUT2D eigenvalue weighted by atomic mass is 19.4. The third-order valence-electron chi connectivity index (χ3n) is 5.86. The summed E-state index contributed by atoms with van der Waals surface area (Å²) in [6.07, 6.45) is -3.38. The maximum absolute atomic E-state index is 13.5. The Morgan fingerprint density at radius 2 is 1.91 bits per heavy atom. The molecule has 2 heterocycles. The Balaban J connectivity index is 1.99. The number of pyridine rings is 1. The van der Waals surface area contributed by atoms with Gasteiger partial charge in [-0.15, -0.1) is 0 Å². The monoisotopic (exact) mass is 462 g/mol. The fraction of sp³-hybridized carbons (Fsp3) is 0.458. The molecular formula is C24H29F3N4O2. The lowest BCUT2D eigenvalue weighted by Gasteiger charge is -2.31. The van der Waals surface area contributed by atoms with E-state index in [2.05, 4.69) is 16.8 Å². The third kappa shape index (κ3) is 4.96. The van der Waals surface area contributed by atoms with E-state index < -0.39 is 23.7 Å². The van der Waals surface area contributed by atoms with Crippen molar-refractivity contribution in [2.24, 2.45) is 0 Å². The number of para-hydroxylation sites is 1. The van der Waals surface area contributed by atoms with Crippen LogP contribution < -0.4 is 14.7 Å². The second-order valence-electron chi connectivity index (χ2n) is 8.43. The van der Waals surface area contributed by atoms with Gasteiger partial charge < -0.3 is 9.80 Å². The molecule has 0 aliphatic carbocycles. The maximum atomic E-state index is 13.5. The molecule has 2 amide bonds. The van der Waals surface area contributed by atoms with Gasteiger partial charge in [-0.1, -0.05) is 19.1 Å². The summed E-state index contributed by atoms with van der Waals surface area (Å²) in [4.78, 5) is 35.0. The Morgan fingerprint density at radius 1 is 1.21 bits per heavy atom. The normalized spacial score (nSPS) is 16.3. The van der Waals surface area contributed by atoms with Crippen LogP contribution in [0.2, 0.25) is 0 Å². The average molecular weight is 463 g/mol. The summed E-state index contributed by atoms with van der Waals surface area (Å²) in [6, 6.07) is 6.49. The lowest BCUT2D eigenvalue weighted by molar-refractivity contribution is -0.137. The number of likely N-dealkylation sites (N-methyl/N-ethyl adjacent to an activating group) is 1. The molecule has 0 unspecified atom stereocenters. The van der Waals surface area contributed by atoms with Gasteiger partial charge in [-0.25, -0.2) is 4.98 Å². The molecule has 0 bridgehead atoms. The van der Waals surface area contributed by atoms with Crippen LogP contribution in [-0.4, -0.2) is 43.5 Å². The summed E-state index contributed by atoms with van der Waals surface area (Å²) in [5, 5.41) is 0. The van der Waals surface area contributed by atoms with Gasteiger partial charge in [0.05, 0.1) is 16.9 Å². The molecule has 1 fully saturated rings. The molecule has 178 valence electrons. The first-order valence-electron chi connectivity index (χ1n) is 10.9. The van der Waals surface area contributed by atoms with E-state index in [1.165, 1.54) is 11.8 Å². The van der Waals surface area contributed by atoms with Crippen molar-refractivity contribution in [1.29, 1.82) is 0 Å². The highest BCUT2D eigenvalue weighted by Gasteiger charge is 2.41. The standard InChI is InChI=1S/C24H29F3N4O2/c1-6-12-29(4)22-15(2)8-7-9-18(22)30(5)23(33)19-10-11-21(32)31(19)20-14-17(24(25,26)27)13-16(3)28-20/h7-9,13-14,19H,6,10-12H2,1-5H3/t19-/m0/s1. The number of anilines is 3. The van der Waals surface area contributed by atoms with Gasteiger partial charge in [-0.3, -0.25) is 14.5 Å². The highest BCUT2D eigenvalue weighted by molar-refractivity contribution is 6.09. The van der Waals surface area contributed by atoms with E-state index in [0.29, 0.717) is 5.69 Å². The topological polar surface area (TPSA) is 56.8 Å². The molecule has 3 rings (SSSR count). The molecule has 9 heteroatoms. The van der Waals surface area contributed by atoms with Crippen LogP contribution in [-0.2, 0) is 15.8 Å². The summed E-state index contributed by atoms with van der Waals surface area (Å²) in [6.45, 7) is 6.26. The van der Waals surface area contributed by atoms with Gasteiger partial charge in [0, 0.05) is 32.8 Å². The van der Waals surface area contributed by atoms with Crippen LogP contribution in [0, 0.1) is 13.8 Å². The van der Waals surface area contributed by atoms with Crippen molar-refractivity contribution < 1.29 is 22.8 Å². The van der Waals surface area contributed by atoms with Gasteiger partial charge in [0.2, 0.25) is 11.8 Å². The van der Waals surface area contributed by atoms with E-state index in [1.807, 2.05) is 32.2 Å². The molecule has 1 saturated heterocycles. The molecule has 0 spiro atoms. The highest BCUT2D eigenvalue weighted by Crippen LogP contribution is 2.36. The van der Waals surface area contributed by atoms with Crippen molar-refractivity contribution in [3.05, 3.63) is 47.2 Å². The van der Waals surface area contributed by atoms with E-state index >= 15 is 0 Å². The molecule has 2 aromatic rings. The molecule has 0 saturated carbocycles. The van der Waals surface area contributed by atoms with Gasteiger partial charge in [-0.05, 0) is 50.5 Å². The van der Waals surface area contributed by atoms with E-state index in [-0.39, 0.29) is 30.3 Å². The molecule has 1 aromatic heterocycles. The number of aryl methyl sites for hydroxylation is 2. The number of benzene rings is 1. The molecular weight excluding hydrogens is 433 g/mol. The first-order chi connectivity index (χ1) is 15.5. The van der Waals surface area contributed by atoms with Gasteiger partial charge >= 0.3 is 6.18 Å². The average Bonchev–Trinajstić information content (AvgIpc) is 3.12. The minimum Gasteiger partial charge on any atom is -0.373 e. The number of aromatic nitrogens is 1. The zero-order valence-electron chi connectivity index (χ0n) is 19.5. The second-order valence-corrected chi connectivity index (χ2v) is 8.43. The van der Waals surface area contributed by atoms with E-state index in [0.717, 1.165) is 41.2 Å². The number of carbonyl (C=O) groups excluding carboxylic acids is 2. The van der Waals surface area contributed by atoms with Crippen LogP contribution in [0.25, 0.3) is 0 Å². The lowest BCUT2D eigenvalue weighted by atomic mass is 10.1. The van der Waals surface area contributed by atoms with Gasteiger partial charge in [0.15, 0.2) is 0 Å². The number of rotatable bonds is 6. The smallest absolute Gasteiger partial charge is 0.373 e. The van der Waals surface area contributed by atoms with Crippen molar-refractivity contribution >= 4 is 29.0 Å². The maximum Gasteiger partial charge on any atom is 0.416 e. The number of halogens is 3. The minimum atomic E-state index is -4.58. The predicted octanol–water partition coefficient (Wildman–Crippen LogP) is 4.72. The Morgan fingerprint density at radius 3 is 2.55 bits per heavy atom. The molecule has 0 N–H and O–H groups in total. The summed E-state index contributed by atoms with van der Waals surface area (Å²) < 4.78 is 40.0. The zero-order chi connectivity index (χ0) is 24.5. The Kier molecular flexibility index (Phi) is 7.00. The molecule has 0 radical (unpaired) electrons. The minimum absolute atomic E-state index is 0.0671. The number of amides is 2. The quantitative estimate of drug-likeness (QED) is 0.623. The third-order valence-corrected chi connectivity index (χ3v) is 5.86. The molecule has 1 aliphatic heterocycles. The van der Waals surface area contributed by atoms with Gasteiger partial charge in [0.1, 0.15) is 11.9 Å².